The molecule has 4 rings (SSSR count). The highest BCUT2D eigenvalue weighted by Crippen LogP contribution is 2.26. The van der Waals surface area contributed by atoms with Gasteiger partial charge in [0.15, 0.2) is 0 Å². The van der Waals surface area contributed by atoms with Crippen LogP contribution in [0.3, 0.4) is 0 Å². The minimum Gasteiger partial charge on any atom is -0.357 e. The third-order valence-corrected chi connectivity index (χ3v) is 8.83. The molecule has 10 heteroatoms. The molecule has 0 radical (unpaired) electrons. The first-order valence-corrected chi connectivity index (χ1v) is 15.0. The van der Waals surface area contributed by atoms with Crippen molar-refractivity contribution in [3.8, 4) is 0 Å². The van der Waals surface area contributed by atoms with Gasteiger partial charge in [0.25, 0.3) is 10.0 Å². The lowest BCUT2D eigenvalue weighted by molar-refractivity contribution is -0.139. The first-order chi connectivity index (χ1) is 19.7. The topological polar surface area (TPSA) is 86.8 Å². The third kappa shape index (κ3) is 7.59. The summed E-state index contributed by atoms with van der Waals surface area (Å²) in [5, 5.41) is 2.63. The number of hydrogen-bond acceptors (Lipinski definition) is 4. The van der Waals surface area contributed by atoms with Gasteiger partial charge in [0.1, 0.15) is 18.4 Å². The summed E-state index contributed by atoms with van der Waals surface area (Å²) in [6, 6.07) is 28.3. The van der Waals surface area contributed by atoms with Crippen molar-refractivity contribution in [2.75, 3.05) is 17.9 Å². The number of hydrogen-bond donors (Lipinski definition) is 1. The van der Waals surface area contributed by atoms with E-state index in [2.05, 4.69) is 21.2 Å². The molecular formula is C31H29BrFN3O4S. The SMILES string of the molecule is CNC(=O)C(Cc1ccccc1)N(Cc1ccc(F)cc1)C(=O)CN(c1ccc(Br)cc1)S(=O)(=O)c1ccccc1. The van der Waals surface area contributed by atoms with Gasteiger partial charge in [0.05, 0.1) is 10.6 Å². The van der Waals surface area contributed by atoms with Crippen molar-refractivity contribution in [3.63, 3.8) is 0 Å². The van der Waals surface area contributed by atoms with Crippen LogP contribution in [0.15, 0.2) is 119 Å². The molecule has 4 aromatic rings. The van der Waals surface area contributed by atoms with Crippen LogP contribution in [0.1, 0.15) is 11.1 Å². The maximum Gasteiger partial charge on any atom is 0.264 e. The number of halogens is 2. The van der Waals surface area contributed by atoms with E-state index in [1.54, 1.807) is 42.5 Å². The molecule has 212 valence electrons. The van der Waals surface area contributed by atoms with Gasteiger partial charge in [-0.25, -0.2) is 12.8 Å². The fraction of sp³-hybridized carbons (Fsp3) is 0.161. The van der Waals surface area contributed by atoms with Crippen molar-refractivity contribution in [1.29, 1.82) is 0 Å². The monoisotopic (exact) mass is 637 g/mol. The van der Waals surface area contributed by atoms with Crippen LogP contribution in [0.2, 0.25) is 0 Å². The molecule has 0 aliphatic rings. The number of carbonyl (C=O) groups is 2. The van der Waals surface area contributed by atoms with E-state index in [9.17, 15) is 22.4 Å². The quantitative estimate of drug-likeness (QED) is 0.246. The zero-order chi connectivity index (χ0) is 29.4. The van der Waals surface area contributed by atoms with Crippen LogP contribution in [0.25, 0.3) is 0 Å². The van der Waals surface area contributed by atoms with Gasteiger partial charge in [-0.05, 0) is 59.7 Å². The largest absolute Gasteiger partial charge is 0.357 e. The van der Waals surface area contributed by atoms with Gasteiger partial charge in [-0.15, -0.1) is 0 Å². The Hall–Kier alpha value is -4.02. The first kappa shape index (κ1) is 30.0. The Morgan fingerprint density at radius 3 is 2.00 bits per heavy atom. The number of nitrogens with one attached hydrogen (secondary N) is 1. The molecule has 0 aromatic heterocycles. The average molecular weight is 639 g/mol. The van der Waals surface area contributed by atoms with Crippen LogP contribution < -0.4 is 9.62 Å². The van der Waals surface area contributed by atoms with Gasteiger partial charge in [-0.3, -0.25) is 13.9 Å². The van der Waals surface area contributed by atoms with Crippen molar-refractivity contribution in [2.45, 2.75) is 23.9 Å². The standard InChI is InChI=1S/C31H29BrFN3O4S/c1-34-31(38)29(20-23-8-4-2-5-9-23)35(21-24-12-16-26(33)17-13-24)30(37)22-36(27-18-14-25(32)15-19-27)41(39,40)28-10-6-3-7-11-28/h2-19,29H,20-22H2,1H3,(H,34,38). The first-order valence-electron chi connectivity index (χ1n) is 12.8. The van der Waals surface area contributed by atoms with Crippen molar-refractivity contribution in [2.24, 2.45) is 0 Å². The Labute approximate surface area is 247 Å². The predicted molar refractivity (Wildman–Crippen MR) is 160 cm³/mol. The molecule has 0 aliphatic heterocycles. The van der Waals surface area contributed by atoms with E-state index in [0.717, 1.165) is 14.3 Å². The molecule has 0 spiro atoms. The maximum absolute atomic E-state index is 14.2. The van der Waals surface area contributed by atoms with E-state index >= 15 is 0 Å². The molecule has 1 N–H and O–H groups in total. The predicted octanol–water partition coefficient (Wildman–Crippen LogP) is 5.17. The van der Waals surface area contributed by atoms with Crippen LogP contribution in [0.4, 0.5) is 10.1 Å². The number of carbonyl (C=O) groups excluding carboxylic acids is 2. The molecule has 0 fully saturated rings. The summed E-state index contributed by atoms with van der Waals surface area (Å²) < 4.78 is 43.1. The number of likely N-dealkylation sites (N-methyl/N-ethyl adjacent to an activating group) is 1. The second-order valence-electron chi connectivity index (χ2n) is 9.27. The molecule has 0 aliphatic carbocycles. The van der Waals surface area contributed by atoms with Gasteiger partial charge in [-0.2, -0.15) is 0 Å². The van der Waals surface area contributed by atoms with E-state index in [1.807, 2.05) is 30.3 Å². The molecule has 1 atom stereocenters. The highest BCUT2D eigenvalue weighted by atomic mass is 79.9. The summed E-state index contributed by atoms with van der Waals surface area (Å²) in [6.45, 7) is -0.605. The third-order valence-electron chi connectivity index (χ3n) is 6.51. The number of rotatable bonds is 11. The Balaban J connectivity index is 1.77. The van der Waals surface area contributed by atoms with E-state index in [0.29, 0.717) is 5.56 Å². The number of anilines is 1. The lowest BCUT2D eigenvalue weighted by atomic mass is 10.0. The summed E-state index contributed by atoms with van der Waals surface area (Å²) in [4.78, 5) is 28.7. The number of nitrogens with zero attached hydrogens (tertiary/aromatic N) is 2. The van der Waals surface area contributed by atoms with E-state index in [-0.39, 0.29) is 23.5 Å². The lowest BCUT2D eigenvalue weighted by Gasteiger charge is -2.33. The molecular weight excluding hydrogens is 609 g/mol. The maximum atomic E-state index is 14.2. The summed E-state index contributed by atoms with van der Waals surface area (Å²) in [7, 11) is -2.68. The minimum absolute atomic E-state index is 0.0212. The zero-order valence-corrected chi connectivity index (χ0v) is 24.7. The van der Waals surface area contributed by atoms with Gasteiger partial charge < -0.3 is 10.2 Å². The van der Waals surface area contributed by atoms with Crippen LogP contribution >= 0.6 is 15.9 Å². The Morgan fingerprint density at radius 2 is 1.41 bits per heavy atom. The normalized spacial score (nSPS) is 11.9. The molecule has 0 saturated carbocycles. The van der Waals surface area contributed by atoms with Crippen molar-refractivity contribution in [3.05, 3.63) is 131 Å². The zero-order valence-electron chi connectivity index (χ0n) is 22.3. The Bertz CT molecular complexity index is 1570. The number of sulfonamides is 1. The van der Waals surface area contributed by atoms with Crippen LogP contribution in [-0.4, -0.2) is 44.8 Å². The molecule has 0 bridgehead atoms. The number of benzene rings is 4. The average Bonchev–Trinajstić information content (AvgIpc) is 2.99. The van der Waals surface area contributed by atoms with Gasteiger partial charge in [0, 0.05) is 24.5 Å². The van der Waals surface area contributed by atoms with E-state index in [4.69, 9.17) is 0 Å². The molecule has 4 aromatic carbocycles. The van der Waals surface area contributed by atoms with Gasteiger partial charge in [0.2, 0.25) is 11.8 Å². The highest BCUT2D eigenvalue weighted by molar-refractivity contribution is 9.10. The Morgan fingerprint density at radius 1 is 0.829 bits per heavy atom. The molecule has 0 saturated heterocycles. The smallest absolute Gasteiger partial charge is 0.264 e. The molecule has 2 amide bonds. The van der Waals surface area contributed by atoms with E-state index in [1.165, 1.54) is 48.3 Å². The molecule has 41 heavy (non-hydrogen) atoms. The second-order valence-corrected chi connectivity index (χ2v) is 12.0. The van der Waals surface area contributed by atoms with Gasteiger partial charge in [-0.1, -0.05) is 76.6 Å². The fourth-order valence-corrected chi connectivity index (χ4v) is 6.06. The van der Waals surface area contributed by atoms with Crippen LogP contribution in [0, 0.1) is 5.82 Å². The van der Waals surface area contributed by atoms with Crippen molar-refractivity contribution < 1.29 is 22.4 Å². The number of amides is 2. The summed E-state index contributed by atoms with van der Waals surface area (Å²) in [5.41, 5.74) is 1.69. The summed E-state index contributed by atoms with van der Waals surface area (Å²) >= 11 is 3.37. The summed E-state index contributed by atoms with van der Waals surface area (Å²) in [6.07, 6.45) is 0.192. The second kappa shape index (κ2) is 13.6. The summed E-state index contributed by atoms with van der Waals surface area (Å²) in [5.74, 6) is -1.44. The highest BCUT2D eigenvalue weighted by Gasteiger charge is 2.34. The van der Waals surface area contributed by atoms with Gasteiger partial charge >= 0.3 is 0 Å². The molecule has 7 nitrogen and oxygen atoms in total. The van der Waals surface area contributed by atoms with Crippen molar-refractivity contribution >= 4 is 43.5 Å². The van der Waals surface area contributed by atoms with E-state index < -0.39 is 40.2 Å². The molecule has 1 unspecified atom stereocenters. The molecule has 0 heterocycles. The minimum atomic E-state index is -4.16. The van der Waals surface area contributed by atoms with Crippen LogP contribution in [-0.2, 0) is 32.6 Å². The Kier molecular flexibility index (Phi) is 9.91. The lowest BCUT2D eigenvalue weighted by Crippen LogP contribution is -2.53. The van der Waals surface area contributed by atoms with Crippen molar-refractivity contribution in [1.82, 2.24) is 10.2 Å². The fourth-order valence-electron chi connectivity index (χ4n) is 4.36. The van der Waals surface area contributed by atoms with Crippen LogP contribution in [0.5, 0.6) is 0 Å².